The number of carbonyl (C=O) groups is 1. The maximum absolute atomic E-state index is 12.2. The highest BCUT2D eigenvalue weighted by atomic mass is 32.2. The number of amides is 1. The molecular formula is C15H19FN2O2S. The van der Waals surface area contributed by atoms with Crippen molar-refractivity contribution in [2.24, 2.45) is 0 Å². The molecule has 2 aliphatic rings. The van der Waals surface area contributed by atoms with E-state index in [1.807, 2.05) is 30.0 Å². The first-order valence-corrected chi connectivity index (χ1v) is 8.18. The number of aromatic nitrogens is 1. The number of ether oxygens (including phenoxy) is 1. The average Bonchev–Trinajstić information content (AvgIpc) is 2.89. The van der Waals surface area contributed by atoms with Gasteiger partial charge in [-0.3, -0.25) is 14.2 Å². The minimum absolute atomic E-state index is 0.0142. The maximum atomic E-state index is 12.2. The highest BCUT2D eigenvalue weighted by Crippen LogP contribution is 2.46. The third-order valence-corrected chi connectivity index (χ3v) is 5.56. The minimum Gasteiger partial charge on any atom is -0.371 e. The largest absolute Gasteiger partial charge is 0.371 e. The maximum Gasteiger partial charge on any atom is 0.225 e. The molecule has 2 aliphatic heterocycles. The molecule has 0 aromatic carbocycles. The van der Waals surface area contributed by atoms with E-state index < -0.39 is 6.67 Å². The third-order valence-electron chi connectivity index (χ3n) is 3.99. The molecule has 0 N–H and O–H groups in total. The van der Waals surface area contributed by atoms with E-state index in [1.165, 1.54) is 0 Å². The fraction of sp³-hybridized carbons (Fsp3) is 0.600. The summed E-state index contributed by atoms with van der Waals surface area (Å²) >= 11 is 1.88. The molecule has 21 heavy (non-hydrogen) atoms. The number of rotatable bonds is 5. The quantitative estimate of drug-likeness (QED) is 0.835. The van der Waals surface area contributed by atoms with Gasteiger partial charge in [0.2, 0.25) is 5.91 Å². The van der Waals surface area contributed by atoms with Gasteiger partial charge in [-0.1, -0.05) is 6.07 Å². The smallest absolute Gasteiger partial charge is 0.225 e. The summed E-state index contributed by atoms with van der Waals surface area (Å²) in [5.74, 6) is 0.888. The van der Waals surface area contributed by atoms with Crippen molar-refractivity contribution in [2.75, 3.05) is 25.5 Å². The van der Waals surface area contributed by atoms with E-state index in [2.05, 4.69) is 4.98 Å². The van der Waals surface area contributed by atoms with Crippen molar-refractivity contribution in [3.8, 4) is 0 Å². The van der Waals surface area contributed by atoms with Crippen LogP contribution in [0.4, 0.5) is 4.39 Å². The Balaban J connectivity index is 1.43. The second-order valence-corrected chi connectivity index (χ2v) is 7.13. The molecule has 0 aliphatic carbocycles. The molecule has 1 amide bonds. The number of thioether (sulfide) groups is 1. The highest BCUT2D eigenvalue weighted by molar-refractivity contribution is 8.01. The van der Waals surface area contributed by atoms with Crippen LogP contribution in [0.15, 0.2) is 24.4 Å². The summed E-state index contributed by atoms with van der Waals surface area (Å²) in [5.41, 5.74) is 0.941. The Kier molecular flexibility index (Phi) is 4.45. The van der Waals surface area contributed by atoms with Gasteiger partial charge in [0.1, 0.15) is 0 Å². The normalized spacial score (nSPS) is 23.3. The average molecular weight is 310 g/mol. The summed E-state index contributed by atoms with van der Waals surface area (Å²) in [4.78, 5) is 17.6. The zero-order valence-electron chi connectivity index (χ0n) is 11.8. The summed E-state index contributed by atoms with van der Waals surface area (Å²) in [6.07, 6.45) is 2.96. The zero-order chi connectivity index (χ0) is 14.7. The molecule has 0 saturated carbocycles. The van der Waals surface area contributed by atoms with Gasteiger partial charge in [-0.2, -0.15) is 0 Å². The first-order chi connectivity index (χ1) is 10.2. The van der Waals surface area contributed by atoms with Crippen molar-refractivity contribution in [3.05, 3.63) is 30.1 Å². The van der Waals surface area contributed by atoms with Crippen molar-refractivity contribution in [3.63, 3.8) is 0 Å². The number of likely N-dealkylation sites (tertiary alicyclic amines) is 1. The lowest BCUT2D eigenvalue weighted by Crippen LogP contribution is -2.60. The van der Waals surface area contributed by atoms with Crippen molar-refractivity contribution < 1.29 is 13.9 Å². The number of halogens is 1. The minimum atomic E-state index is -0.564. The molecule has 2 saturated heterocycles. The van der Waals surface area contributed by atoms with Gasteiger partial charge in [0.05, 0.1) is 36.2 Å². The van der Waals surface area contributed by atoms with Crippen LogP contribution in [-0.4, -0.2) is 52.2 Å². The van der Waals surface area contributed by atoms with Gasteiger partial charge in [-0.05, 0) is 18.6 Å². The molecule has 6 heteroatoms. The van der Waals surface area contributed by atoms with Gasteiger partial charge in [0.15, 0.2) is 0 Å². The second kappa shape index (κ2) is 6.32. The lowest BCUT2D eigenvalue weighted by atomic mass is 9.92. The first kappa shape index (κ1) is 14.8. The zero-order valence-corrected chi connectivity index (χ0v) is 12.7. The summed E-state index contributed by atoms with van der Waals surface area (Å²) in [6, 6.07) is 5.80. The molecule has 0 radical (unpaired) electrons. The molecule has 114 valence electrons. The Morgan fingerprint density at radius 2 is 2.38 bits per heavy atom. The van der Waals surface area contributed by atoms with Crippen LogP contribution in [0, 0.1) is 0 Å². The summed E-state index contributed by atoms with van der Waals surface area (Å²) < 4.78 is 18.2. The van der Waals surface area contributed by atoms with E-state index in [4.69, 9.17) is 4.74 Å². The molecule has 1 aromatic rings. The molecule has 1 atom stereocenters. The molecule has 2 fully saturated rings. The number of pyridine rings is 1. The standard InChI is InChI=1S/C15H19FN2O2S/c16-5-4-14(19)18-10-15(11-18)7-13(9-21-15)20-8-12-3-1-2-6-17-12/h1-3,6,13H,4-5,7-11H2/t13-/m1/s1. The second-order valence-electron chi connectivity index (χ2n) is 5.64. The van der Waals surface area contributed by atoms with Crippen LogP contribution in [0.2, 0.25) is 0 Å². The Morgan fingerprint density at radius 3 is 3.10 bits per heavy atom. The predicted molar refractivity (Wildman–Crippen MR) is 79.8 cm³/mol. The van der Waals surface area contributed by atoms with Gasteiger partial charge in [-0.15, -0.1) is 11.8 Å². The fourth-order valence-corrected chi connectivity index (χ4v) is 4.43. The molecule has 3 heterocycles. The number of nitrogens with zero attached hydrogens (tertiary/aromatic N) is 2. The fourth-order valence-electron chi connectivity index (χ4n) is 2.88. The number of alkyl halides is 1. The lowest BCUT2D eigenvalue weighted by molar-refractivity contribution is -0.137. The van der Waals surface area contributed by atoms with Crippen LogP contribution in [0.3, 0.4) is 0 Å². The van der Waals surface area contributed by atoms with Gasteiger partial charge in [0, 0.05) is 25.0 Å². The van der Waals surface area contributed by atoms with Crippen molar-refractivity contribution in [2.45, 2.75) is 30.3 Å². The Morgan fingerprint density at radius 1 is 1.52 bits per heavy atom. The highest BCUT2D eigenvalue weighted by Gasteiger charge is 2.50. The van der Waals surface area contributed by atoms with E-state index in [-0.39, 0.29) is 23.2 Å². The Bertz CT molecular complexity index is 494. The molecule has 1 spiro atoms. The van der Waals surface area contributed by atoms with Gasteiger partial charge >= 0.3 is 0 Å². The molecule has 0 bridgehead atoms. The topological polar surface area (TPSA) is 42.4 Å². The van der Waals surface area contributed by atoms with Gasteiger partial charge in [-0.25, -0.2) is 0 Å². The molecule has 0 unspecified atom stereocenters. The van der Waals surface area contributed by atoms with E-state index in [0.717, 1.165) is 31.0 Å². The van der Waals surface area contributed by atoms with E-state index >= 15 is 0 Å². The van der Waals surface area contributed by atoms with Gasteiger partial charge in [0.25, 0.3) is 0 Å². The van der Waals surface area contributed by atoms with E-state index in [9.17, 15) is 9.18 Å². The van der Waals surface area contributed by atoms with Crippen LogP contribution < -0.4 is 0 Å². The molecule has 4 nitrogen and oxygen atoms in total. The Hall–Kier alpha value is -1.14. The van der Waals surface area contributed by atoms with Gasteiger partial charge < -0.3 is 9.64 Å². The predicted octanol–water partition coefficient (Wildman–Crippen LogP) is 2.04. The van der Waals surface area contributed by atoms with Crippen molar-refractivity contribution >= 4 is 17.7 Å². The van der Waals surface area contributed by atoms with E-state index in [1.54, 1.807) is 11.1 Å². The van der Waals surface area contributed by atoms with Crippen LogP contribution in [0.5, 0.6) is 0 Å². The SMILES string of the molecule is O=C(CCF)N1CC2(C[C@@H](OCc3ccccn3)CS2)C1. The third kappa shape index (κ3) is 3.37. The molecule has 1 aromatic heterocycles. The number of carbonyl (C=O) groups excluding carboxylic acids is 1. The first-order valence-electron chi connectivity index (χ1n) is 7.20. The van der Waals surface area contributed by atoms with Crippen LogP contribution in [0.1, 0.15) is 18.5 Å². The van der Waals surface area contributed by atoms with Crippen LogP contribution in [0.25, 0.3) is 0 Å². The molecular weight excluding hydrogens is 291 g/mol. The Labute approximate surface area is 128 Å². The van der Waals surface area contributed by atoms with Crippen molar-refractivity contribution in [1.29, 1.82) is 0 Å². The van der Waals surface area contributed by atoms with E-state index in [0.29, 0.717) is 6.61 Å². The monoisotopic (exact) mass is 310 g/mol. The van der Waals surface area contributed by atoms with Crippen molar-refractivity contribution in [1.82, 2.24) is 9.88 Å². The summed E-state index contributed by atoms with van der Waals surface area (Å²) in [7, 11) is 0. The summed E-state index contributed by atoms with van der Waals surface area (Å²) in [5, 5.41) is 0. The summed E-state index contributed by atoms with van der Waals surface area (Å²) in [6.45, 7) is 1.44. The van der Waals surface area contributed by atoms with Crippen LogP contribution >= 0.6 is 11.8 Å². The number of hydrogen-bond donors (Lipinski definition) is 0. The lowest BCUT2D eigenvalue weighted by Gasteiger charge is -2.47. The van der Waals surface area contributed by atoms with Crippen LogP contribution in [-0.2, 0) is 16.1 Å². The molecule has 3 rings (SSSR count). The number of hydrogen-bond acceptors (Lipinski definition) is 4.